The molecular formula is C33H54N4O3. The van der Waals surface area contributed by atoms with Gasteiger partial charge in [-0.15, -0.1) is 5.53 Å². The first-order valence-electron chi connectivity index (χ1n) is 16.3. The maximum atomic E-state index is 12.0. The van der Waals surface area contributed by atoms with Gasteiger partial charge in [0.05, 0.1) is 12.7 Å². The van der Waals surface area contributed by atoms with E-state index in [1.807, 2.05) is 18.9 Å². The number of carbonyl (C=O) groups is 1. The summed E-state index contributed by atoms with van der Waals surface area (Å²) >= 11 is 0. The van der Waals surface area contributed by atoms with Crippen molar-refractivity contribution >= 4 is 5.97 Å². The van der Waals surface area contributed by atoms with E-state index in [4.69, 9.17) is 9.47 Å². The van der Waals surface area contributed by atoms with Crippen LogP contribution >= 0.6 is 0 Å². The molecule has 1 unspecified atom stereocenters. The monoisotopic (exact) mass is 554 g/mol. The highest BCUT2D eigenvalue weighted by atomic mass is 16.5. The third-order valence-electron chi connectivity index (χ3n) is 13.0. The second-order valence-corrected chi connectivity index (χ2v) is 14.7. The van der Waals surface area contributed by atoms with Gasteiger partial charge in [0.2, 0.25) is 0 Å². The lowest BCUT2D eigenvalue weighted by Gasteiger charge is -2.55. The summed E-state index contributed by atoms with van der Waals surface area (Å²) in [6.07, 6.45) is 15.7. The zero-order valence-corrected chi connectivity index (χ0v) is 25.9. The Morgan fingerprint density at radius 2 is 1.95 bits per heavy atom. The molecule has 0 radical (unpaired) electrons. The van der Waals surface area contributed by atoms with Crippen molar-refractivity contribution < 1.29 is 14.3 Å². The van der Waals surface area contributed by atoms with Crippen LogP contribution in [0, 0.1) is 40.9 Å². The average Bonchev–Trinajstić information content (AvgIpc) is 3.57. The minimum absolute atomic E-state index is 0.0400. The Hall–Kier alpha value is -1.57. The molecule has 4 aliphatic carbocycles. The van der Waals surface area contributed by atoms with Crippen LogP contribution in [0.15, 0.2) is 23.0 Å². The van der Waals surface area contributed by atoms with Crippen LogP contribution in [0.1, 0.15) is 98.3 Å². The second kappa shape index (κ2) is 10.9. The summed E-state index contributed by atoms with van der Waals surface area (Å²) < 4.78 is 11.4. The molecule has 40 heavy (non-hydrogen) atoms. The molecule has 0 aromatic carbocycles. The number of rotatable bonds is 5. The van der Waals surface area contributed by atoms with Crippen LogP contribution in [-0.2, 0) is 14.3 Å². The minimum Gasteiger partial charge on any atom is -0.464 e. The van der Waals surface area contributed by atoms with Gasteiger partial charge in [0.1, 0.15) is 0 Å². The molecule has 3 N–H and O–H groups in total. The molecule has 3 saturated carbocycles. The van der Waals surface area contributed by atoms with E-state index in [0.29, 0.717) is 29.1 Å². The number of allylic oxidation sites excluding steroid dienone is 1. The largest absolute Gasteiger partial charge is 0.464 e. The maximum absolute atomic E-state index is 12.0. The van der Waals surface area contributed by atoms with E-state index in [-0.39, 0.29) is 11.6 Å². The van der Waals surface area contributed by atoms with Gasteiger partial charge >= 0.3 is 5.97 Å². The van der Waals surface area contributed by atoms with Crippen LogP contribution in [0.25, 0.3) is 0 Å². The summed E-state index contributed by atoms with van der Waals surface area (Å²) in [7, 11) is 3.42. The summed E-state index contributed by atoms with van der Waals surface area (Å²) in [5.41, 5.74) is 10.5. The van der Waals surface area contributed by atoms with Gasteiger partial charge in [-0.3, -0.25) is 10.4 Å². The van der Waals surface area contributed by atoms with Crippen LogP contribution in [0.2, 0.25) is 0 Å². The number of carbonyl (C=O) groups excluding carboxylic acids is 1. The number of piperidine rings is 1. The Morgan fingerprint density at radius 1 is 1.12 bits per heavy atom. The molecule has 0 amide bonds. The van der Waals surface area contributed by atoms with Gasteiger partial charge in [0.15, 0.2) is 5.70 Å². The molecule has 0 aromatic heterocycles. The van der Waals surface area contributed by atoms with E-state index in [1.54, 1.807) is 5.57 Å². The Morgan fingerprint density at radius 3 is 2.67 bits per heavy atom. The molecule has 6 rings (SSSR count). The van der Waals surface area contributed by atoms with Gasteiger partial charge in [-0.25, -0.2) is 4.79 Å². The highest BCUT2D eigenvalue weighted by Gasteiger charge is 2.57. The summed E-state index contributed by atoms with van der Waals surface area (Å²) in [6, 6.07) is 0.986. The van der Waals surface area contributed by atoms with E-state index in [2.05, 4.69) is 49.0 Å². The van der Waals surface area contributed by atoms with E-state index >= 15 is 0 Å². The SMILES string of the molecule is COC(=O)C1=CN([C@H]2CC[C@@]3(C)[C@H](CCC4[C@@H]5CC[C@@](OC)([C@H](C)[C@H]6CC[C@H](C)CN6)CC(C)=C5C[C@@H]43)C2)NN1. The highest BCUT2D eigenvalue weighted by molar-refractivity contribution is 5.87. The van der Waals surface area contributed by atoms with Crippen molar-refractivity contribution in [3.05, 3.63) is 23.0 Å². The first-order valence-corrected chi connectivity index (χ1v) is 16.3. The normalized spacial score (nSPS) is 44.1. The first kappa shape index (κ1) is 28.5. The average molecular weight is 555 g/mol. The molecule has 6 aliphatic rings. The fraction of sp³-hybridized carbons (Fsp3) is 0.848. The lowest BCUT2D eigenvalue weighted by atomic mass is 9.52. The number of nitrogens with one attached hydrogen (secondary N) is 3. The van der Waals surface area contributed by atoms with Crippen LogP contribution in [0.3, 0.4) is 0 Å². The second-order valence-electron chi connectivity index (χ2n) is 14.7. The van der Waals surface area contributed by atoms with Crippen LogP contribution in [0.5, 0.6) is 0 Å². The molecule has 10 atom stereocenters. The summed E-state index contributed by atoms with van der Waals surface area (Å²) in [4.78, 5) is 12.0. The number of nitrogens with zero attached hydrogens (tertiary/aromatic N) is 1. The van der Waals surface area contributed by atoms with Gasteiger partial charge in [0.25, 0.3) is 0 Å². The standard InChI is InChI=1S/C33H54N4O3/c1-20-7-10-29(34-18-20)22(3)33(40-6)14-12-25-26-9-8-23-15-24(37-19-30(35-36-37)31(38)39-5)11-13-32(23,4)28(26)16-27(25)21(2)17-33/h19-20,22-26,28-29,34-36H,7-18H2,1-6H3/t20-,22+,23+,24-,25-,26?,28-,29+,32-,33-/m0/s1. The third kappa shape index (κ3) is 4.72. The van der Waals surface area contributed by atoms with Crippen LogP contribution in [0.4, 0.5) is 0 Å². The van der Waals surface area contributed by atoms with Crippen molar-refractivity contribution in [2.75, 3.05) is 20.8 Å². The molecule has 224 valence electrons. The number of hydrogen-bond acceptors (Lipinski definition) is 7. The molecule has 0 bridgehead atoms. The zero-order chi connectivity index (χ0) is 28.2. The van der Waals surface area contributed by atoms with Crippen molar-refractivity contribution in [3.63, 3.8) is 0 Å². The number of hydrogen-bond donors (Lipinski definition) is 3. The molecule has 7 nitrogen and oxygen atoms in total. The lowest BCUT2D eigenvalue weighted by Crippen LogP contribution is -2.53. The number of hydrazine groups is 2. The number of ether oxygens (including phenoxy) is 2. The van der Waals surface area contributed by atoms with Crippen molar-refractivity contribution in [1.29, 1.82) is 0 Å². The molecule has 0 aromatic rings. The van der Waals surface area contributed by atoms with Crippen molar-refractivity contribution in [3.8, 4) is 0 Å². The first-order chi connectivity index (χ1) is 19.2. The van der Waals surface area contributed by atoms with Gasteiger partial charge < -0.3 is 14.8 Å². The van der Waals surface area contributed by atoms with E-state index in [9.17, 15) is 4.79 Å². The fourth-order valence-corrected chi connectivity index (χ4v) is 10.4. The highest BCUT2D eigenvalue weighted by Crippen LogP contribution is 2.65. The smallest absolute Gasteiger partial charge is 0.357 e. The summed E-state index contributed by atoms with van der Waals surface area (Å²) in [5.74, 6) is 4.13. The fourth-order valence-electron chi connectivity index (χ4n) is 10.4. The molecule has 2 aliphatic heterocycles. The Balaban J connectivity index is 1.17. The van der Waals surface area contributed by atoms with Gasteiger partial charge in [0, 0.05) is 31.3 Å². The molecule has 0 spiro atoms. The Kier molecular flexibility index (Phi) is 7.80. The van der Waals surface area contributed by atoms with Crippen molar-refractivity contribution in [2.24, 2.45) is 40.9 Å². The van der Waals surface area contributed by atoms with E-state index in [1.165, 1.54) is 64.9 Å². The van der Waals surface area contributed by atoms with E-state index < -0.39 is 0 Å². The molecule has 7 heteroatoms. The van der Waals surface area contributed by atoms with Crippen LogP contribution < -0.4 is 16.3 Å². The number of fused-ring (bicyclic) bond motifs is 5. The summed E-state index contributed by atoms with van der Waals surface area (Å²) in [6.45, 7) is 11.1. The molecule has 2 heterocycles. The number of esters is 1. The molecular weight excluding hydrogens is 500 g/mol. The van der Waals surface area contributed by atoms with Crippen LogP contribution in [-0.4, -0.2) is 49.4 Å². The quantitative estimate of drug-likeness (QED) is 0.308. The number of methoxy groups -OCH3 is 2. The Bertz CT molecular complexity index is 1030. The van der Waals surface area contributed by atoms with E-state index in [0.717, 1.165) is 49.0 Å². The Labute approximate surface area is 242 Å². The maximum Gasteiger partial charge on any atom is 0.357 e. The van der Waals surface area contributed by atoms with Gasteiger partial charge in [-0.1, -0.05) is 31.9 Å². The van der Waals surface area contributed by atoms with Crippen molar-refractivity contribution in [2.45, 2.75) is 116 Å². The molecule has 4 fully saturated rings. The van der Waals surface area contributed by atoms with Crippen molar-refractivity contribution in [1.82, 2.24) is 21.3 Å². The summed E-state index contributed by atoms with van der Waals surface area (Å²) in [5, 5.41) is 6.01. The third-order valence-corrected chi connectivity index (χ3v) is 13.0. The zero-order valence-electron chi connectivity index (χ0n) is 25.9. The minimum atomic E-state index is -0.319. The van der Waals surface area contributed by atoms with Gasteiger partial charge in [-0.2, -0.15) is 0 Å². The molecule has 1 saturated heterocycles. The predicted octanol–water partition coefficient (Wildman–Crippen LogP) is 5.46. The van der Waals surface area contributed by atoms with Gasteiger partial charge in [-0.05, 0) is 119 Å². The lowest BCUT2D eigenvalue weighted by molar-refractivity contribution is -0.136. The topological polar surface area (TPSA) is 74.9 Å². The predicted molar refractivity (Wildman–Crippen MR) is 157 cm³/mol.